The second-order valence-corrected chi connectivity index (χ2v) is 5.76. The van der Waals surface area contributed by atoms with Gasteiger partial charge in [-0.05, 0) is 24.7 Å². The third-order valence-corrected chi connectivity index (χ3v) is 4.45. The van der Waals surface area contributed by atoms with Gasteiger partial charge in [-0.3, -0.25) is 4.79 Å². The molecule has 3 rings (SSSR count). The summed E-state index contributed by atoms with van der Waals surface area (Å²) >= 11 is 0. The Balaban J connectivity index is 0.00000147. The van der Waals surface area contributed by atoms with Crippen LogP contribution < -0.4 is 0 Å². The first-order chi connectivity index (χ1) is 9.33. The zero-order chi connectivity index (χ0) is 13.1. The maximum absolute atomic E-state index is 12.1. The van der Waals surface area contributed by atoms with Crippen LogP contribution in [0.4, 0.5) is 0 Å². The number of benzene rings is 1. The van der Waals surface area contributed by atoms with Crippen LogP contribution in [0, 0.1) is 11.8 Å². The summed E-state index contributed by atoms with van der Waals surface area (Å²) in [5.74, 6) is 1.93. The van der Waals surface area contributed by atoms with Crippen LogP contribution in [0.5, 0.6) is 0 Å². The molecule has 20 heavy (non-hydrogen) atoms. The van der Waals surface area contributed by atoms with Gasteiger partial charge in [0.05, 0.1) is 0 Å². The van der Waals surface area contributed by atoms with E-state index in [1.165, 1.54) is 25.9 Å². The van der Waals surface area contributed by atoms with Gasteiger partial charge in [-0.15, -0.1) is 12.4 Å². The van der Waals surface area contributed by atoms with Crippen LogP contribution in [-0.4, -0.2) is 30.3 Å². The van der Waals surface area contributed by atoms with E-state index in [2.05, 4.69) is 17.1 Å². The summed E-state index contributed by atoms with van der Waals surface area (Å²) in [5, 5.41) is 0. The smallest absolute Gasteiger partial charge is 0.164 e. The summed E-state index contributed by atoms with van der Waals surface area (Å²) < 4.78 is 0. The largest absolute Gasteiger partial charge is 0.302 e. The topological polar surface area (TPSA) is 20.3 Å². The van der Waals surface area contributed by atoms with Gasteiger partial charge in [-0.1, -0.05) is 42.5 Å². The molecule has 2 unspecified atom stereocenters. The van der Waals surface area contributed by atoms with Gasteiger partial charge in [0.25, 0.3) is 0 Å². The molecule has 2 nitrogen and oxygen atoms in total. The molecule has 1 fully saturated rings. The molecule has 2 aliphatic rings. The van der Waals surface area contributed by atoms with Crippen molar-refractivity contribution in [2.75, 3.05) is 19.6 Å². The lowest BCUT2D eigenvalue weighted by molar-refractivity contribution is 0.0968. The molecule has 1 heterocycles. The Kier molecular flexibility index (Phi) is 5.38. The molecule has 0 saturated carbocycles. The number of fused-ring (bicyclic) bond motifs is 1. The van der Waals surface area contributed by atoms with Crippen molar-refractivity contribution in [3.8, 4) is 0 Å². The minimum Gasteiger partial charge on any atom is -0.302 e. The summed E-state index contributed by atoms with van der Waals surface area (Å²) in [6, 6.07) is 9.65. The third-order valence-electron chi connectivity index (χ3n) is 4.45. The summed E-state index contributed by atoms with van der Waals surface area (Å²) in [5.41, 5.74) is 0.848. The van der Waals surface area contributed by atoms with Crippen LogP contribution in [0.15, 0.2) is 42.5 Å². The molecule has 0 aromatic heterocycles. The summed E-state index contributed by atoms with van der Waals surface area (Å²) in [7, 11) is 0. The molecule has 1 aromatic carbocycles. The fourth-order valence-corrected chi connectivity index (χ4v) is 3.32. The molecule has 0 spiro atoms. The normalized spacial score (nSPS) is 25.0. The molecule has 0 radical (unpaired) electrons. The first-order valence-electron chi connectivity index (χ1n) is 7.28. The fraction of sp³-hybridized carbons (Fsp3) is 0.471. The quantitative estimate of drug-likeness (QED) is 0.624. The van der Waals surface area contributed by atoms with Gasteiger partial charge in [-0.25, -0.2) is 0 Å². The maximum atomic E-state index is 12.1. The highest BCUT2D eigenvalue weighted by Gasteiger charge is 2.32. The van der Waals surface area contributed by atoms with E-state index in [9.17, 15) is 4.79 Å². The Bertz CT molecular complexity index is 455. The second kappa shape index (κ2) is 7.05. The van der Waals surface area contributed by atoms with Gasteiger partial charge >= 0.3 is 0 Å². The lowest BCUT2D eigenvalue weighted by atomic mass is 9.86. The van der Waals surface area contributed by atoms with Gasteiger partial charge in [0, 0.05) is 31.6 Å². The lowest BCUT2D eigenvalue weighted by Gasteiger charge is -2.18. The van der Waals surface area contributed by atoms with Crippen LogP contribution in [0.1, 0.15) is 29.6 Å². The molecule has 1 aromatic rings. The second-order valence-electron chi connectivity index (χ2n) is 5.76. The van der Waals surface area contributed by atoms with Crippen molar-refractivity contribution in [1.29, 1.82) is 0 Å². The highest BCUT2D eigenvalue weighted by atomic mass is 35.5. The molecule has 0 amide bonds. The highest BCUT2D eigenvalue weighted by Crippen LogP contribution is 2.32. The molecule has 0 N–H and O–H groups in total. The molecule has 1 aliphatic heterocycles. The van der Waals surface area contributed by atoms with Gasteiger partial charge in [0.1, 0.15) is 0 Å². The van der Waals surface area contributed by atoms with Crippen LogP contribution in [0.25, 0.3) is 0 Å². The maximum Gasteiger partial charge on any atom is 0.164 e. The van der Waals surface area contributed by atoms with E-state index in [4.69, 9.17) is 0 Å². The SMILES string of the molecule is Cl.O=C(CCN1CC2CC=CCC2C1)c1ccccc1. The van der Waals surface area contributed by atoms with Gasteiger partial charge in [0.15, 0.2) is 5.78 Å². The monoisotopic (exact) mass is 291 g/mol. The molecule has 1 saturated heterocycles. The summed E-state index contributed by atoms with van der Waals surface area (Å²) in [6.07, 6.45) is 7.75. The van der Waals surface area contributed by atoms with Crippen molar-refractivity contribution in [2.45, 2.75) is 19.3 Å². The van der Waals surface area contributed by atoms with E-state index >= 15 is 0 Å². The Labute approximate surface area is 127 Å². The Morgan fingerprint density at radius 2 is 1.65 bits per heavy atom. The molecule has 2 atom stereocenters. The van der Waals surface area contributed by atoms with Crippen molar-refractivity contribution >= 4 is 18.2 Å². The predicted molar refractivity (Wildman–Crippen MR) is 84.4 cm³/mol. The molecular weight excluding hydrogens is 270 g/mol. The van der Waals surface area contributed by atoms with E-state index < -0.39 is 0 Å². The standard InChI is InChI=1S/C17H21NO.ClH/c19-17(14-6-2-1-3-7-14)10-11-18-12-15-8-4-5-9-16(15)13-18;/h1-7,15-16H,8-13H2;1H. The zero-order valence-electron chi connectivity index (χ0n) is 11.7. The number of rotatable bonds is 4. The molecular formula is C17H22ClNO. The number of hydrogen-bond acceptors (Lipinski definition) is 2. The van der Waals surface area contributed by atoms with Crippen LogP contribution in [0.3, 0.4) is 0 Å². The van der Waals surface area contributed by atoms with E-state index in [0.29, 0.717) is 6.42 Å². The molecule has 0 bridgehead atoms. The van der Waals surface area contributed by atoms with Gasteiger partial charge < -0.3 is 4.90 Å². The van der Waals surface area contributed by atoms with E-state index in [-0.39, 0.29) is 18.2 Å². The van der Waals surface area contributed by atoms with Crippen molar-refractivity contribution in [3.63, 3.8) is 0 Å². The minimum atomic E-state index is 0. The zero-order valence-corrected chi connectivity index (χ0v) is 12.5. The Morgan fingerprint density at radius 3 is 2.25 bits per heavy atom. The van der Waals surface area contributed by atoms with E-state index in [1.807, 2.05) is 30.3 Å². The lowest BCUT2D eigenvalue weighted by Crippen LogP contribution is -2.24. The molecule has 1 aliphatic carbocycles. The summed E-state index contributed by atoms with van der Waals surface area (Å²) in [4.78, 5) is 14.6. The van der Waals surface area contributed by atoms with Gasteiger partial charge in [-0.2, -0.15) is 0 Å². The fourth-order valence-electron chi connectivity index (χ4n) is 3.32. The van der Waals surface area contributed by atoms with E-state index in [0.717, 1.165) is 23.9 Å². The van der Waals surface area contributed by atoms with Crippen LogP contribution >= 0.6 is 12.4 Å². The number of ketones is 1. The minimum absolute atomic E-state index is 0. The predicted octanol–water partition coefficient (Wildman–Crippen LogP) is 3.58. The van der Waals surface area contributed by atoms with Crippen molar-refractivity contribution < 1.29 is 4.79 Å². The first kappa shape index (κ1) is 15.3. The average molecular weight is 292 g/mol. The number of carbonyl (C=O) groups excluding carboxylic acids is 1. The first-order valence-corrected chi connectivity index (χ1v) is 7.28. The third kappa shape index (κ3) is 3.50. The number of allylic oxidation sites excluding steroid dienone is 2. The highest BCUT2D eigenvalue weighted by molar-refractivity contribution is 5.96. The van der Waals surface area contributed by atoms with Gasteiger partial charge in [0.2, 0.25) is 0 Å². The number of nitrogens with zero attached hydrogens (tertiary/aromatic N) is 1. The van der Waals surface area contributed by atoms with Crippen LogP contribution in [0.2, 0.25) is 0 Å². The number of halogens is 1. The van der Waals surface area contributed by atoms with Crippen molar-refractivity contribution in [3.05, 3.63) is 48.0 Å². The Morgan fingerprint density at radius 1 is 1.05 bits per heavy atom. The molecule has 108 valence electrons. The van der Waals surface area contributed by atoms with Crippen LogP contribution in [-0.2, 0) is 0 Å². The number of likely N-dealkylation sites (tertiary alicyclic amines) is 1. The number of Topliss-reactive ketones (excluding diaryl/α,β-unsaturated/α-hetero) is 1. The van der Waals surface area contributed by atoms with Crippen molar-refractivity contribution in [2.24, 2.45) is 11.8 Å². The molecule has 3 heteroatoms. The summed E-state index contributed by atoms with van der Waals surface area (Å²) in [6.45, 7) is 3.27. The van der Waals surface area contributed by atoms with Crippen molar-refractivity contribution in [1.82, 2.24) is 4.90 Å². The Hall–Kier alpha value is -1.12. The average Bonchev–Trinajstić information content (AvgIpc) is 2.88. The number of hydrogen-bond donors (Lipinski definition) is 0. The van der Waals surface area contributed by atoms with E-state index in [1.54, 1.807) is 0 Å². The number of carbonyl (C=O) groups is 1.